The predicted molar refractivity (Wildman–Crippen MR) is 151 cm³/mol. The average Bonchev–Trinajstić information content (AvgIpc) is 3.55. The van der Waals surface area contributed by atoms with Gasteiger partial charge in [-0.2, -0.15) is 0 Å². The molecule has 3 heterocycles. The number of anilines is 2. The van der Waals surface area contributed by atoms with Crippen LogP contribution in [0.3, 0.4) is 0 Å². The van der Waals surface area contributed by atoms with Crippen LogP contribution in [0.4, 0.5) is 17.1 Å². The van der Waals surface area contributed by atoms with Crippen LogP contribution in [0, 0.1) is 10.1 Å². The topological polar surface area (TPSA) is 123 Å². The molecule has 1 amide bonds. The SMILES string of the molecule is COCC(=O)Nc1ccc(N2C(=S)N[C@H](c3ccccn3)[C@H]2c2ccc(-c3ccc([N+](=O)[O-])cc3)o2)cc1Cl. The van der Waals surface area contributed by atoms with E-state index in [1.165, 1.54) is 19.2 Å². The van der Waals surface area contributed by atoms with Crippen molar-refractivity contribution in [3.63, 3.8) is 0 Å². The number of carbonyl (C=O) groups is 1. The molecule has 10 nitrogen and oxygen atoms in total. The van der Waals surface area contributed by atoms with Crippen LogP contribution in [0.2, 0.25) is 5.02 Å². The van der Waals surface area contributed by atoms with Crippen molar-refractivity contribution in [1.29, 1.82) is 0 Å². The molecule has 39 heavy (non-hydrogen) atoms. The van der Waals surface area contributed by atoms with Crippen LogP contribution >= 0.6 is 23.8 Å². The van der Waals surface area contributed by atoms with Crippen LogP contribution in [0.1, 0.15) is 23.5 Å². The van der Waals surface area contributed by atoms with Crippen LogP contribution in [-0.2, 0) is 9.53 Å². The van der Waals surface area contributed by atoms with E-state index in [0.29, 0.717) is 38.6 Å². The van der Waals surface area contributed by atoms with Crippen molar-refractivity contribution in [2.24, 2.45) is 0 Å². The molecule has 1 saturated heterocycles. The quantitative estimate of drug-likeness (QED) is 0.159. The number of carbonyl (C=O) groups excluding carboxylic acids is 1. The van der Waals surface area contributed by atoms with E-state index in [4.69, 9.17) is 33.0 Å². The van der Waals surface area contributed by atoms with E-state index in [9.17, 15) is 14.9 Å². The number of amides is 1. The summed E-state index contributed by atoms with van der Waals surface area (Å²) >= 11 is 12.3. The lowest BCUT2D eigenvalue weighted by Gasteiger charge is -2.26. The molecule has 4 aromatic rings. The summed E-state index contributed by atoms with van der Waals surface area (Å²) in [6.45, 7) is -0.0956. The maximum Gasteiger partial charge on any atom is 0.269 e. The Morgan fingerprint density at radius 1 is 1.21 bits per heavy atom. The number of halogens is 1. The van der Waals surface area contributed by atoms with E-state index < -0.39 is 11.0 Å². The Morgan fingerprint density at radius 2 is 2.00 bits per heavy atom. The van der Waals surface area contributed by atoms with E-state index >= 15 is 0 Å². The lowest BCUT2D eigenvalue weighted by Crippen LogP contribution is -2.29. The first-order valence-electron chi connectivity index (χ1n) is 11.8. The maximum atomic E-state index is 12.0. The van der Waals surface area contributed by atoms with Gasteiger partial charge >= 0.3 is 0 Å². The van der Waals surface area contributed by atoms with E-state index in [2.05, 4.69) is 15.6 Å². The van der Waals surface area contributed by atoms with Gasteiger partial charge in [0.2, 0.25) is 5.91 Å². The van der Waals surface area contributed by atoms with Crippen molar-refractivity contribution in [3.05, 3.63) is 106 Å². The highest BCUT2D eigenvalue weighted by Crippen LogP contribution is 2.44. The van der Waals surface area contributed by atoms with Gasteiger partial charge in [-0.15, -0.1) is 0 Å². The normalized spacial score (nSPS) is 16.7. The molecule has 2 N–H and O–H groups in total. The number of hydrogen-bond acceptors (Lipinski definition) is 7. The van der Waals surface area contributed by atoms with E-state index in [-0.39, 0.29) is 24.2 Å². The Morgan fingerprint density at radius 3 is 2.67 bits per heavy atom. The van der Waals surface area contributed by atoms with Gasteiger partial charge in [0, 0.05) is 36.7 Å². The number of nitro benzene ring substituents is 1. The third-order valence-electron chi connectivity index (χ3n) is 6.16. The van der Waals surface area contributed by atoms with E-state index in [1.807, 2.05) is 35.2 Å². The molecular formula is C27H22ClN5O5S. The number of nitro groups is 1. The monoisotopic (exact) mass is 563 g/mol. The fraction of sp³-hybridized carbons (Fsp3) is 0.148. The number of rotatable bonds is 8. The molecule has 2 aromatic carbocycles. The summed E-state index contributed by atoms with van der Waals surface area (Å²) in [4.78, 5) is 29.0. The number of methoxy groups -OCH3 is 1. The summed E-state index contributed by atoms with van der Waals surface area (Å²) < 4.78 is 11.2. The summed E-state index contributed by atoms with van der Waals surface area (Å²) in [6, 6.07) is 19.9. The molecule has 0 bridgehead atoms. The van der Waals surface area contributed by atoms with Crippen LogP contribution < -0.4 is 15.5 Å². The van der Waals surface area contributed by atoms with Gasteiger partial charge in [0.25, 0.3) is 5.69 Å². The van der Waals surface area contributed by atoms with Crippen LogP contribution in [0.25, 0.3) is 11.3 Å². The molecule has 0 spiro atoms. The summed E-state index contributed by atoms with van der Waals surface area (Å²) in [7, 11) is 1.44. The molecule has 5 rings (SSSR count). The molecule has 1 aliphatic heterocycles. The Balaban J connectivity index is 1.52. The zero-order valence-electron chi connectivity index (χ0n) is 20.5. The molecule has 1 fully saturated rings. The molecule has 0 aliphatic carbocycles. The minimum absolute atomic E-state index is 0.00371. The molecule has 0 radical (unpaired) electrons. The van der Waals surface area contributed by atoms with Gasteiger partial charge in [-0.25, -0.2) is 0 Å². The molecule has 1 aliphatic rings. The van der Waals surface area contributed by atoms with Gasteiger partial charge in [-0.05, 0) is 66.8 Å². The Bertz CT molecular complexity index is 1530. The minimum Gasteiger partial charge on any atom is -0.459 e. The molecule has 2 atom stereocenters. The molecule has 198 valence electrons. The second kappa shape index (κ2) is 11.2. The second-order valence-corrected chi connectivity index (χ2v) is 9.44. The highest BCUT2D eigenvalue weighted by Gasteiger charge is 2.42. The van der Waals surface area contributed by atoms with E-state index in [1.54, 1.807) is 36.5 Å². The van der Waals surface area contributed by atoms with Gasteiger partial charge in [-0.3, -0.25) is 19.9 Å². The molecule has 0 saturated carbocycles. The summed E-state index contributed by atoms with van der Waals surface area (Å²) in [5.74, 6) is 0.819. The van der Waals surface area contributed by atoms with Crippen LogP contribution in [0.5, 0.6) is 0 Å². The van der Waals surface area contributed by atoms with Crippen molar-refractivity contribution in [1.82, 2.24) is 10.3 Å². The lowest BCUT2D eigenvalue weighted by atomic mass is 10.0. The highest BCUT2D eigenvalue weighted by atomic mass is 35.5. The number of pyridine rings is 1. The van der Waals surface area contributed by atoms with Crippen LogP contribution in [0.15, 0.2) is 83.4 Å². The number of benzene rings is 2. The van der Waals surface area contributed by atoms with Crippen molar-refractivity contribution in [2.45, 2.75) is 12.1 Å². The smallest absolute Gasteiger partial charge is 0.269 e. The zero-order valence-corrected chi connectivity index (χ0v) is 22.1. The molecule has 0 unspecified atom stereocenters. The Hall–Kier alpha value is -4.32. The summed E-state index contributed by atoms with van der Waals surface area (Å²) in [5, 5.41) is 17.9. The Labute approximate surface area is 233 Å². The second-order valence-electron chi connectivity index (χ2n) is 8.65. The standard InChI is InChI=1S/C27H22ClN5O5S/c1-37-15-24(34)30-20-10-9-18(14-19(20)28)32-26(25(31-27(32)39)21-4-2-3-13-29-21)23-12-11-22(38-23)16-5-7-17(8-6-16)33(35)36/h2-14,25-26H,15H2,1H3,(H,30,34)(H,31,39)/t25-,26-/m1/s1. The minimum atomic E-state index is -0.447. The number of thiocarbonyl (C=S) groups is 1. The molecule has 12 heteroatoms. The lowest BCUT2D eigenvalue weighted by molar-refractivity contribution is -0.384. The van der Waals surface area contributed by atoms with Gasteiger partial charge < -0.3 is 24.7 Å². The molecule has 2 aromatic heterocycles. The van der Waals surface area contributed by atoms with Gasteiger partial charge in [-0.1, -0.05) is 17.7 Å². The largest absolute Gasteiger partial charge is 0.459 e. The Kier molecular flexibility index (Phi) is 7.55. The maximum absolute atomic E-state index is 12.0. The number of nitrogens with zero attached hydrogens (tertiary/aromatic N) is 3. The summed E-state index contributed by atoms with van der Waals surface area (Å²) in [5.41, 5.74) is 2.57. The van der Waals surface area contributed by atoms with Gasteiger partial charge in [0.05, 0.1) is 27.4 Å². The van der Waals surface area contributed by atoms with Crippen LogP contribution in [-0.4, -0.2) is 34.6 Å². The number of nitrogens with one attached hydrogen (secondary N) is 2. The third-order valence-corrected chi connectivity index (χ3v) is 6.79. The van der Waals surface area contributed by atoms with Crippen molar-refractivity contribution in [2.75, 3.05) is 23.9 Å². The third kappa shape index (κ3) is 5.46. The predicted octanol–water partition coefficient (Wildman–Crippen LogP) is 5.67. The van der Waals surface area contributed by atoms with Gasteiger partial charge in [0.15, 0.2) is 5.11 Å². The van der Waals surface area contributed by atoms with Gasteiger partial charge in [0.1, 0.15) is 24.2 Å². The first-order valence-corrected chi connectivity index (χ1v) is 12.6. The summed E-state index contributed by atoms with van der Waals surface area (Å²) in [6.07, 6.45) is 1.71. The number of aromatic nitrogens is 1. The fourth-order valence-corrected chi connectivity index (χ4v) is 4.98. The fourth-order valence-electron chi connectivity index (χ4n) is 4.41. The first-order chi connectivity index (χ1) is 18.9. The number of furan rings is 1. The van der Waals surface area contributed by atoms with E-state index in [0.717, 1.165) is 5.69 Å². The number of non-ortho nitro benzene ring substituents is 1. The first kappa shape index (κ1) is 26.3. The average molecular weight is 564 g/mol. The highest BCUT2D eigenvalue weighted by molar-refractivity contribution is 7.80. The van der Waals surface area contributed by atoms with Crippen molar-refractivity contribution >= 4 is 51.9 Å². The van der Waals surface area contributed by atoms with Crippen molar-refractivity contribution < 1.29 is 18.9 Å². The zero-order chi connectivity index (χ0) is 27.5. The number of ether oxygens (including phenoxy) is 1. The van der Waals surface area contributed by atoms with Crippen molar-refractivity contribution in [3.8, 4) is 11.3 Å². The molecular weight excluding hydrogens is 542 g/mol. The number of hydrogen-bond donors (Lipinski definition) is 2.